The number of nitrogens with zero attached hydrogens (tertiary/aromatic N) is 3. The molecule has 1 aromatic heterocycles. The molecule has 2 rings (SSSR count). The lowest BCUT2D eigenvalue weighted by molar-refractivity contribution is 0.408. The Morgan fingerprint density at radius 3 is 2.75 bits per heavy atom. The summed E-state index contributed by atoms with van der Waals surface area (Å²) in [5.41, 5.74) is 5.89. The second-order valence-corrected chi connectivity index (χ2v) is 4.68. The molecule has 16 heavy (non-hydrogen) atoms. The van der Waals surface area contributed by atoms with Gasteiger partial charge in [-0.15, -0.1) is 0 Å². The van der Waals surface area contributed by atoms with Gasteiger partial charge in [-0.3, -0.25) is 0 Å². The number of hydrogen-bond acceptors (Lipinski definition) is 5. The number of rotatable bonds is 2. The number of hydrogen-bond donors (Lipinski definition) is 1. The van der Waals surface area contributed by atoms with Crippen molar-refractivity contribution in [2.75, 3.05) is 24.3 Å². The lowest BCUT2D eigenvalue weighted by Crippen LogP contribution is -2.39. The summed E-state index contributed by atoms with van der Waals surface area (Å²) in [6.07, 6.45) is 3.81. The highest BCUT2D eigenvalue weighted by Crippen LogP contribution is 2.38. The van der Waals surface area contributed by atoms with Crippen LogP contribution >= 0.6 is 0 Å². The van der Waals surface area contributed by atoms with Crippen LogP contribution in [0.4, 0.5) is 11.6 Å². The van der Waals surface area contributed by atoms with Gasteiger partial charge < -0.3 is 15.4 Å². The summed E-state index contributed by atoms with van der Waals surface area (Å²) in [6.45, 7) is 5.40. The van der Waals surface area contributed by atoms with E-state index < -0.39 is 0 Å². The van der Waals surface area contributed by atoms with Crippen LogP contribution in [0.3, 0.4) is 0 Å². The first-order chi connectivity index (χ1) is 7.56. The van der Waals surface area contributed by atoms with Gasteiger partial charge in [-0.05, 0) is 26.7 Å². The van der Waals surface area contributed by atoms with E-state index in [0.717, 1.165) is 18.8 Å². The molecule has 0 aliphatic carbocycles. The molecule has 0 atom stereocenters. The minimum atomic E-state index is 0.105. The minimum absolute atomic E-state index is 0.105. The summed E-state index contributed by atoms with van der Waals surface area (Å²) < 4.78 is 5.29. The highest BCUT2D eigenvalue weighted by molar-refractivity contribution is 5.64. The first-order valence-electron chi connectivity index (χ1n) is 5.48. The molecule has 1 aromatic rings. The lowest BCUT2D eigenvalue weighted by atomic mass is 10.0. The van der Waals surface area contributed by atoms with E-state index in [4.69, 9.17) is 10.5 Å². The van der Waals surface area contributed by atoms with Gasteiger partial charge in [-0.25, -0.2) is 9.97 Å². The molecule has 0 aromatic carbocycles. The van der Waals surface area contributed by atoms with Gasteiger partial charge in [0.1, 0.15) is 6.33 Å². The van der Waals surface area contributed by atoms with Gasteiger partial charge in [0.15, 0.2) is 11.6 Å². The summed E-state index contributed by atoms with van der Waals surface area (Å²) in [5.74, 6) is 1.78. The second-order valence-electron chi connectivity index (χ2n) is 4.68. The molecule has 5 heteroatoms. The third kappa shape index (κ3) is 1.66. The van der Waals surface area contributed by atoms with Crippen molar-refractivity contribution in [3.05, 3.63) is 6.33 Å². The third-order valence-electron chi connectivity index (χ3n) is 3.17. The fourth-order valence-electron chi connectivity index (χ4n) is 2.27. The Bertz CT molecular complexity index is 392. The van der Waals surface area contributed by atoms with Crippen molar-refractivity contribution >= 4 is 11.6 Å². The molecular formula is C11H18N4O. The molecule has 88 valence electrons. The van der Waals surface area contributed by atoms with E-state index >= 15 is 0 Å². The highest BCUT2D eigenvalue weighted by Gasteiger charge is 2.35. The van der Waals surface area contributed by atoms with Crippen LogP contribution in [0.5, 0.6) is 5.75 Å². The zero-order chi connectivity index (χ0) is 11.8. The van der Waals surface area contributed by atoms with Crippen LogP contribution in [-0.4, -0.2) is 29.2 Å². The zero-order valence-electron chi connectivity index (χ0n) is 10.0. The monoisotopic (exact) mass is 222 g/mol. The molecule has 1 fully saturated rings. The van der Waals surface area contributed by atoms with Crippen LogP contribution in [0.2, 0.25) is 0 Å². The summed E-state index contributed by atoms with van der Waals surface area (Å²) in [4.78, 5) is 10.5. The quantitative estimate of drug-likeness (QED) is 0.820. The molecule has 0 radical (unpaired) electrons. The van der Waals surface area contributed by atoms with E-state index in [0.29, 0.717) is 11.6 Å². The third-order valence-corrected chi connectivity index (χ3v) is 3.17. The van der Waals surface area contributed by atoms with E-state index in [1.54, 1.807) is 7.11 Å². The van der Waals surface area contributed by atoms with Crippen LogP contribution in [-0.2, 0) is 0 Å². The van der Waals surface area contributed by atoms with Crippen molar-refractivity contribution in [3.63, 3.8) is 0 Å². The predicted molar refractivity (Wildman–Crippen MR) is 63.7 cm³/mol. The maximum absolute atomic E-state index is 5.79. The van der Waals surface area contributed by atoms with E-state index in [2.05, 4.69) is 28.7 Å². The Labute approximate surface area is 95.6 Å². The average molecular weight is 222 g/mol. The molecule has 0 unspecified atom stereocenters. The van der Waals surface area contributed by atoms with Crippen molar-refractivity contribution < 1.29 is 4.74 Å². The number of methoxy groups -OCH3 is 1. The van der Waals surface area contributed by atoms with Crippen LogP contribution in [0.25, 0.3) is 0 Å². The number of nitrogen functional groups attached to an aromatic ring is 1. The van der Waals surface area contributed by atoms with E-state index in [9.17, 15) is 0 Å². The largest absolute Gasteiger partial charge is 0.490 e. The molecule has 2 heterocycles. The van der Waals surface area contributed by atoms with Gasteiger partial charge in [0.05, 0.1) is 7.11 Å². The number of anilines is 2. The fraction of sp³-hybridized carbons (Fsp3) is 0.636. The van der Waals surface area contributed by atoms with Crippen molar-refractivity contribution in [3.8, 4) is 5.75 Å². The van der Waals surface area contributed by atoms with Crippen molar-refractivity contribution in [2.24, 2.45) is 0 Å². The molecule has 1 aliphatic heterocycles. The Morgan fingerprint density at radius 1 is 1.44 bits per heavy atom. The van der Waals surface area contributed by atoms with Crippen LogP contribution in [0, 0.1) is 0 Å². The number of ether oxygens (including phenoxy) is 1. The molecule has 0 saturated carbocycles. The Balaban J connectivity index is 2.44. The molecule has 0 bridgehead atoms. The minimum Gasteiger partial charge on any atom is -0.490 e. The van der Waals surface area contributed by atoms with Gasteiger partial charge in [0.25, 0.3) is 0 Å². The SMILES string of the molecule is COc1c(N)ncnc1N1CCCC1(C)C. The summed E-state index contributed by atoms with van der Waals surface area (Å²) in [7, 11) is 1.60. The molecule has 5 nitrogen and oxygen atoms in total. The Hall–Kier alpha value is -1.52. The van der Waals surface area contributed by atoms with Gasteiger partial charge in [-0.1, -0.05) is 0 Å². The topological polar surface area (TPSA) is 64.3 Å². The molecule has 2 N–H and O–H groups in total. The predicted octanol–water partition coefficient (Wildman–Crippen LogP) is 1.45. The average Bonchev–Trinajstić information content (AvgIpc) is 2.57. The summed E-state index contributed by atoms with van der Waals surface area (Å²) in [6, 6.07) is 0. The van der Waals surface area contributed by atoms with Crippen molar-refractivity contribution in [1.82, 2.24) is 9.97 Å². The fourth-order valence-corrected chi connectivity index (χ4v) is 2.27. The lowest BCUT2D eigenvalue weighted by Gasteiger charge is -2.33. The van der Waals surface area contributed by atoms with Crippen LogP contribution in [0.1, 0.15) is 26.7 Å². The van der Waals surface area contributed by atoms with E-state index in [-0.39, 0.29) is 5.54 Å². The van der Waals surface area contributed by atoms with Crippen molar-refractivity contribution in [2.45, 2.75) is 32.2 Å². The zero-order valence-corrected chi connectivity index (χ0v) is 10.0. The standard InChI is InChI=1S/C11H18N4O/c1-11(2)5-4-6-15(11)10-8(16-3)9(12)13-7-14-10/h7H,4-6H2,1-3H3,(H2,12,13,14). The maximum Gasteiger partial charge on any atom is 0.204 e. The summed E-state index contributed by atoms with van der Waals surface area (Å²) >= 11 is 0. The first kappa shape index (κ1) is 11.0. The van der Waals surface area contributed by atoms with E-state index in [1.165, 1.54) is 12.7 Å². The normalized spacial score (nSPS) is 18.8. The molecule has 1 saturated heterocycles. The number of aromatic nitrogens is 2. The van der Waals surface area contributed by atoms with Crippen LogP contribution < -0.4 is 15.4 Å². The molecular weight excluding hydrogens is 204 g/mol. The Morgan fingerprint density at radius 2 is 2.19 bits per heavy atom. The second kappa shape index (κ2) is 3.81. The van der Waals surface area contributed by atoms with E-state index in [1.807, 2.05) is 0 Å². The summed E-state index contributed by atoms with van der Waals surface area (Å²) in [5, 5.41) is 0. The van der Waals surface area contributed by atoms with Gasteiger partial charge in [0.2, 0.25) is 5.75 Å². The van der Waals surface area contributed by atoms with Gasteiger partial charge in [-0.2, -0.15) is 0 Å². The van der Waals surface area contributed by atoms with Crippen LogP contribution in [0.15, 0.2) is 6.33 Å². The molecule has 0 amide bonds. The maximum atomic E-state index is 5.79. The van der Waals surface area contributed by atoms with Gasteiger partial charge in [0, 0.05) is 12.1 Å². The van der Waals surface area contributed by atoms with Crippen molar-refractivity contribution in [1.29, 1.82) is 0 Å². The number of nitrogens with two attached hydrogens (primary N) is 1. The van der Waals surface area contributed by atoms with Gasteiger partial charge >= 0.3 is 0 Å². The molecule has 0 spiro atoms. The molecule has 1 aliphatic rings. The highest BCUT2D eigenvalue weighted by atomic mass is 16.5. The first-order valence-corrected chi connectivity index (χ1v) is 5.48. The Kier molecular flexibility index (Phi) is 2.61. The smallest absolute Gasteiger partial charge is 0.204 e.